The van der Waals surface area contributed by atoms with Crippen LogP contribution < -0.4 is 25.0 Å². The van der Waals surface area contributed by atoms with Crippen molar-refractivity contribution < 1.29 is 23.8 Å². The fraction of sp³-hybridized carbons (Fsp3) is 0.0800. The second-order valence-corrected chi connectivity index (χ2v) is 6.96. The highest BCUT2D eigenvalue weighted by Gasteiger charge is 2.15. The van der Waals surface area contributed by atoms with E-state index in [0.29, 0.717) is 33.9 Å². The Morgan fingerprint density at radius 2 is 1.67 bits per heavy atom. The Kier molecular flexibility index (Phi) is 6.65. The standard InChI is InChI=1S/C25H21N3O5/c1-31-20-10-7-17(8-11-20)13-21(27-24(29)19-5-3-2-4-6-19)25(30)28-26-15-18-9-12-22-23(14-18)33-16-32-22/h2-15H,16H2,1H3,(H,27,29)(H,28,30)/b21-13+,26-15-. The van der Waals surface area contributed by atoms with Crippen LogP contribution in [0.2, 0.25) is 0 Å². The molecule has 0 spiro atoms. The molecule has 2 N–H and O–H groups in total. The number of nitrogens with one attached hydrogen (secondary N) is 2. The molecule has 0 aromatic heterocycles. The molecule has 0 radical (unpaired) electrons. The Morgan fingerprint density at radius 3 is 2.42 bits per heavy atom. The number of methoxy groups -OCH3 is 1. The molecular formula is C25H21N3O5. The Balaban J connectivity index is 1.51. The molecule has 8 nitrogen and oxygen atoms in total. The first kappa shape index (κ1) is 21.6. The summed E-state index contributed by atoms with van der Waals surface area (Å²) in [5.41, 5.74) is 4.33. The molecule has 1 aliphatic rings. The van der Waals surface area contributed by atoms with Crippen LogP contribution >= 0.6 is 0 Å². The van der Waals surface area contributed by atoms with E-state index >= 15 is 0 Å². The highest BCUT2D eigenvalue weighted by Crippen LogP contribution is 2.31. The monoisotopic (exact) mass is 443 g/mol. The van der Waals surface area contributed by atoms with Gasteiger partial charge in [0.1, 0.15) is 11.4 Å². The van der Waals surface area contributed by atoms with E-state index in [1.807, 2.05) is 6.07 Å². The van der Waals surface area contributed by atoms with Crippen molar-refractivity contribution in [2.75, 3.05) is 13.9 Å². The van der Waals surface area contributed by atoms with Crippen molar-refractivity contribution in [1.29, 1.82) is 0 Å². The van der Waals surface area contributed by atoms with Crippen LogP contribution in [0.1, 0.15) is 21.5 Å². The predicted octanol–water partition coefficient (Wildman–Crippen LogP) is 3.35. The van der Waals surface area contributed by atoms with E-state index in [1.165, 1.54) is 6.21 Å². The molecule has 8 heteroatoms. The largest absolute Gasteiger partial charge is 0.497 e. The normalized spacial score (nSPS) is 12.5. The quantitative estimate of drug-likeness (QED) is 0.332. The number of carbonyl (C=O) groups is 2. The second-order valence-electron chi connectivity index (χ2n) is 6.96. The summed E-state index contributed by atoms with van der Waals surface area (Å²) in [6.45, 7) is 0.174. The topological polar surface area (TPSA) is 98.2 Å². The summed E-state index contributed by atoms with van der Waals surface area (Å²) in [5.74, 6) is 0.960. The number of amides is 2. The summed E-state index contributed by atoms with van der Waals surface area (Å²) < 4.78 is 15.8. The molecule has 33 heavy (non-hydrogen) atoms. The van der Waals surface area contributed by atoms with Gasteiger partial charge in [0.2, 0.25) is 6.79 Å². The Hall–Kier alpha value is -4.59. The highest BCUT2D eigenvalue weighted by atomic mass is 16.7. The van der Waals surface area contributed by atoms with Gasteiger partial charge in [0.25, 0.3) is 11.8 Å². The number of nitrogens with zero attached hydrogens (tertiary/aromatic N) is 1. The summed E-state index contributed by atoms with van der Waals surface area (Å²) in [7, 11) is 1.57. The van der Waals surface area contributed by atoms with Gasteiger partial charge >= 0.3 is 0 Å². The fourth-order valence-electron chi connectivity index (χ4n) is 3.03. The zero-order chi connectivity index (χ0) is 23.0. The number of benzene rings is 3. The lowest BCUT2D eigenvalue weighted by molar-refractivity contribution is -0.117. The van der Waals surface area contributed by atoms with Gasteiger partial charge < -0.3 is 19.5 Å². The molecule has 0 unspecified atom stereocenters. The molecule has 3 aromatic rings. The number of hydrogen-bond donors (Lipinski definition) is 2. The van der Waals surface area contributed by atoms with Crippen LogP contribution in [0.15, 0.2) is 83.6 Å². The molecule has 166 valence electrons. The molecule has 0 saturated heterocycles. The third-order valence-electron chi connectivity index (χ3n) is 4.73. The van der Waals surface area contributed by atoms with Crippen LogP contribution in [0.3, 0.4) is 0 Å². The van der Waals surface area contributed by atoms with Crippen LogP contribution in [0.4, 0.5) is 0 Å². The van der Waals surface area contributed by atoms with E-state index in [2.05, 4.69) is 15.8 Å². The first-order valence-electron chi connectivity index (χ1n) is 10.1. The lowest BCUT2D eigenvalue weighted by Gasteiger charge is -2.09. The van der Waals surface area contributed by atoms with Crippen molar-refractivity contribution in [2.24, 2.45) is 5.10 Å². The molecular weight excluding hydrogens is 422 g/mol. The van der Waals surface area contributed by atoms with Gasteiger partial charge in [-0.05, 0) is 59.7 Å². The van der Waals surface area contributed by atoms with Crippen molar-refractivity contribution in [3.05, 3.63) is 95.2 Å². The summed E-state index contributed by atoms with van der Waals surface area (Å²) >= 11 is 0. The van der Waals surface area contributed by atoms with Gasteiger partial charge in [-0.3, -0.25) is 9.59 Å². The average molecular weight is 443 g/mol. The van der Waals surface area contributed by atoms with E-state index in [1.54, 1.807) is 79.9 Å². The zero-order valence-electron chi connectivity index (χ0n) is 17.8. The van der Waals surface area contributed by atoms with Gasteiger partial charge in [0.05, 0.1) is 13.3 Å². The zero-order valence-corrected chi connectivity index (χ0v) is 17.8. The lowest BCUT2D eigenvalue weighted by atomic mass is 10.1. The Morgan fingerprint density at radius 1 is 0.939 bits per heavy atom. The summed E-state index contributed by atoms with van der Waals surface area (Å²) in [5, 5.41) is 6.67. The van der Waals surface area contributed by atoms with Crippen molar-refractivity contribution in [3.63, 3.8) is 0 Å². The van der Waals surface area contributed by atoms with Crippen LogP contribution in [0.25, 0.3) is 6.08 Å². The number of carbonyl (C=O) groups excluding carboxylic acids is 2. The molecule has 3 aromatic carbocycles. The van der Waals surface area contributed by atoms with E-state index < -0.39 is 11.8 Å². The van der Waals surface area contributed by atoms with E-state index in [0.717, 1.165) is 0 Å². The van der Waals surface area contributed by atoms with Gasteiger partial charge in [0.15, 0.2) is 11.5 Å². The van der Waals surface area contributed by atoms with Gasteiger partial charge in [-0.25, -0.2) is 5.43 Å². The smallest absolute Gasteiger partial charge is 0.287 e. The molecule has 1 aliphatic heterocycles. The van der Waals surface area contributed by atoms with Crippen LogP contribution in [0.5, 0.6) is 17.2 Å². The van der Waals surface area contributed by atoms with Gasteiger partial charge in [0, 0.05) is 5.56 Å². The van der Waals surface area contributed by atoms with Crippen molar-refractivity contribution in [2.45, 2.75) is 0 Å². The maximum absolute atomic E-state index is 12.8. The number of rotatable bonds is 7. The van der Waals surface area contributed by atoms with E-state index in [-0.39, 0.29) is 12.5 Å². The molecule has 2 amide bonds. The van der Waals surface area contributed by atoms with Crippen LogP contribution in [-0.2, 0) is 4.79 Å². The molecule has 4 rings (SSSR count). The minimum Gasteiger partial charge on any atom is -0.497 e. The maximum Gasteiger partial charge on any atom is 0.287 e. The second kappa shape index (κ2) is 10.1. The minimum atomic E-state index is -0.577. The van der Waals surface area contributed by atoms with Crippen molar-refractivity contribution >= 4 is 24.1 Å². The minimum absolute atomic E-state index is 0.0388. The predicted molar refractivity (Wildman–Crippen MR) is 123 cm³/mol. The average Bonchev–Trinajstić information content (AvgIpc) is 3.32. The molecule has 0 bridgehead atoms. The van der Waals surface area contributed by atoms with Crippen LogP contribution in [-0.4, -0.2) is 31.9 Å². The summed E-state index contributed by atoms with van der Waals surface area (Å²) in [6, 6.07) is 21.0. The summed E-state index contributed by atoms with van der Waals surface area (Å²) in [6.07, 6.45) is 3.04. The molecule has 0 fully saturated rings. The third-order valence-corrected chi connectivity index (χ3v) is 4.73. The van der Waals surface area contributed by atoms with Gasteiger partial charge in [-0.1, -0.05) is 30.3 Å². The summed E-state index contributed by atoms with van der Waals surface area (Å²) in [4.78, 5) is 25.5. The molecule has 0 atom stereocenters. The fourth-order valence-corrected chi connectivity index (χ4v) is 3.03. The van der Waals surface area contributed by atoms with Gasteiger partial charge in [-0.15, -0.1) is 0 Å². The van der Waals surface area contributed by atoms with Crippen LogP contribution in [0, 0.1) is 0 Å². The number of fused-ring (bicyclic) bond motifs is 1. The lowest BCUT2D eigenvalue weighted by Crippen LogP contribution is -2.32. The van der Waals surface area contributed by atoms with Crippen molar-refractivity contribution in [3.8, 4) is 17.2 Å². The first-order valence-corrected chi connectivity index (χ1v) is 10.1. The number of hydrogen-bond acceptors (Lipinski definition) is 6. The third kappa shape index (κ3) is 5.56. The molecule has 0 aliphatic carbocycles. The first-order chi connectivity index (χ1) is 16.1. The Bertz CT molecular complexity index is 1200. The van der Waals surface area contributed by atoms with Crippen molar-refractivity contribution in [1.82, 2.24) is 10.7 Å². The maximum atomic E-state index is 12.8. The van der Waals surface area contributed by atoms with Gasteiger partial charge in [-0.2, -0.15) is 5.10 Å². The number of ether oxygens (including phenoxy) is 3. The van der Waals surface area contributed by atoms with E-state index in [4.69, 9.17) is 14.2 Å². The molecule has 0 saturated carbocycles. The van der Waals surface area contributed by atoms with E-state index in [9.17, 15) is 9.59 Å². The SMILES string of the molecule is COc1ccc(/C=C(/NC(=O)c2ccccc2)C(=O)N/N=C\c2ccc3c(c2)OCO3)cc1. The highest BCUT2D eigenvalue weighted by molar-refractivity contribution is 6.05. The molecule has 1 heterocycles. The Labute approximate surface area is 190 Å². The number of hydrazone groups is 1.